The number of carbonyl (C=O) groups is 3. The quantitative estimate of drug-likeness (QED) is 0.775. The van der Waals surface area contributed by atoms with Crippen LogP contribution in [0.1, 0.15) is 42.1 Å². The lowest BCUT2D eigenvalue weighted by atomic mass is 9.96. The first kappa shape index (κ1) is 18.4. The Labute approximate surface area is 152 Å². The van der Waals surface area contributed by atoms with Crippen molar-refractivity contribution in [2.24, 2.45) is 0 Å². The highest BCUT2D eigenvalue weighted by Crippen LogP contribution is 2.38. The van der Waals surface area contributed by atoms with Gasteiger partial charge in [0.15, 0.2) is 0 Å². The Bertz CT molecular complexity index is 724. The van der Waals surface area contributed by atoms with E-state index in [1.54, 1.807) is 24.0 Å². The lowest BCUT2D eigenvalue weighted by molar-refractivity contribution is -0.310. The number of ether oxygens (including phenoxy) is 1. The molecule has 7 heteroatoms. The van der Waals surface area contributed by atoms with Crippen molar-refractivity contribution in [3.05, 3.63) is 35.4 Å². The van der Waals surface area contributed by atoms with Gasteiger partial charge in [-0.15, -0.1) is 0 Å². The Balaban J connectivity index is 1.91. The predicted octanol–water partition coefficient (Wildman–Crippen LogP) is 0.315. The van der Waals surface area contributed by atoms with Crippen LogP contribution >= 0.6 is 0 Å². The largest absolute Gasteiger partial charge is 0.548 e. The van der Waals surface area contributed by atoms with Gasteiger partial charge in [-0.1, -0.05) is 25.1 Å². The summed E-state index contributed by atoms with van der Waals surface area (Å²) in [4.78, 5) is 39.8. The molecule has 0 unspecified atom stereocenters. The Kier molecular flexibility index (Phi) is 5.00. The molecule has 0 radical (unpaired) electrons. The number of benzene rings is 1. The molecule has 0 bridgehead atoms. The van der Waals surface area contributed by atoms with Crippen molar-refractivity contribution < 1.29 is 24.2 Å². The van der Waals surface area contributed by atoms with Crippen LogP contribution in [0.25, 0.3) is 0 Å². The zero-order chi connectivity index (χ0) is 18.9. The van der Waals surface area contributed by atoms with Gasteiger partial charge in [0.25, 0.3) is 5.91 Å². The van der Waals surface area contributed by atoms with E-state index in [0.29, 0.717) is 37.9 Å². The molecule has 1 aromatic rings. The molecule has 0 aromatic heterocycles. The van der Waals surface area contributed by atoms with E-state index in [1.807, 2.05) is 19.1 Å². The average Bonchev–Trinajstić information content (AvgIpc) is 3.00. The smallest absolute Gasteiger partial charge is 0.257 e. The monoisotopic (exact) mass is 359 g/mol. The van der Waals surface area contributed by atoms with Crippen molar-refractivity contribution in [3.8, 4) is 0 Å². The lowest BCUT2D eigenvalue weighted by Crippen LogP contribution is -2.60. The first-order chi connectivity index (χ1) is 12.4. The highest BCUT2D eigenvalue weighted by Gasteiger charge is 2.52. The first-order valence-electron chi connectivity index (χ1n) is 8.91. The molecule has 1 aromatic carbocycles. The van der Waals surface area contributed by atoms with Crippen molar-refractivity contribution in [1.29, 1.82) is 0 Å². The fraction of sp³-hybridized carbons (Fsp3) is 0.526. The molecular weight excluding hydrogens is 336 g/mol. The third-order valence-corrected chi connectivity index (χ3v) is 5.33. The molecule has 2 heterocycles. The molecule has 1 atom stereocenters. The zero-order valence-corrected chi connectivity index (χ0v) is 15.1. The molecule has 140 valence electrons. The number of rotatable bonds is 3. The van der Waals surface area contributed by atoms with E-state index in [2.05, 4.69) is 0 Å². The van der Waals surface area contributed by atoms with E-state index in [1.165, 1.54) is 4.90 Å². The van der Waals surface area contributed by atoms with Crippen molar-refractivity contribution in [2.75, 3.05) is 19.7 Å². The number of hydrogen-bond donors (Lipinski definition) is 0. The number of likely N-dealkylation sites (tertiary alicyclic amines) is 1. The fourth-order valence-corrected chi connectivity index (χ4v) is 3.82. The van der Waals surface area contributed by atoms with Crippen LogP contribution in [0.4, 0.5) is 0 Å². The van der Waals surface area contributed by atoms with Crippen LogP contribution in [0, 0.1) is 6.92 Å². The summed E-state index contributed by atoms with van der Waals surface area (Å²) < 4.78 is 5.86. The molecule has 2 amide bonds. The second-order valence-corrected chi connectivity index (χ2v) is 6.82. The van der Waals surface area contributed by atoms with Crippen LogP contribution < -0.4 is 5.11 Å². The minimum absolute atomic E-state index is 0.0473. The summed E-state index contributed by atoms with van der Waals surface area (Å²) in [5.74, 6) is -1.65. The van der Waals surface area contributed by atoms with E-state index in [0.717, 1.165) is 5.56 Å². The number of aliphatic carboxylic acids is 1. The highest BCUT2D eigenvalue weighted by atomic mass is 16.5. The Morgan fingerprint density at radius 1 is 1.23 bits per heavy atom. The number of carboxylic acid groups (broad SMARTS) is 1. The van der Waals surface area contributed by atoms with Gasteiger partial charge < -0.3 is 19.5 Å². The number of aryl methyl sites for hydroxylation is 1. The van der Waals surface area contributed by atoms with Crippen LogP contribution in [-0.4, -0.2) is 59.0 Å². The molecular formula is C19H23N2O5-. The van der Waals surface area contributed by atoms with Gasteiger partial charge in [-0.25, -0.2) is 0 Å². The molecule has 2 aliphatic heterocycles. The molecule has 1 spiro atoms. The Hall–Kier alpha value is -2.41. The minimum Gasteiger partial charge on any atom is -0.548 e. The van der Waals surface area contributed by atoms with Crippen molar-refractivity contribution in [1.82, 2.24) is 9.80 Å². The Morgan fingerprint density at radius 3 is 2.46 bits per heavy atom. The van der Waals surface area contributed by atoms with E-state index >= 15 is 0 Å². The molecule has 26 heavy (non-hydrogen) atoms. The lowest BCUT2D eigenvalue weighted by Gasteiger charge is -2.45. The molecule has 2 fully saturated rings. The summed E-state index contributed by atoms with van der Waals surface area (Å²) in [6.45, 7) is 4.39. The standard InChI is InChI=1S/C19H24N2O5/c1-3-16(22)20-10-8-19(9-11-20)21(15(12-26-19)18(24)25)17(23)14-7-5-4-6-13(14)2/h4-7,15H,3,8-12H2,1-2H3,(H,24,25)/p-1/t15-/m0/s1. The van der Waals surface area contributed by atoms with Gasteiger partial charge in [-0.05, 0) is 18.6 Å². The van der Waals surface area contributed by atoms with Crippen LogP contribution in [0.2, 0.25) is 0 Å². The first-order valence-corrected chi connectivity index (χ1v) is 8.91. The van der Waals surface area contributed by atoms with Gasteiger partial charge in [0.05, 0.1) is 18.6 Å². The topological polar surface area (TPSA) is 90.0 Å². The average molecular weight is 359 g/mol. The highest BCUT2D eigenvalue weighted by molar-refractivity contribution is 5.98. The van der Waals surface area contributed by atoms with E-state index < -0.39 is 17.7 Å². The normalized spacial score (nSPS) is 21.8. The van der Waals surface area contributed by atoms with Gasteiger partial charge in [0, 0.05) is 37.9 Å². The van der Waals surface area contributed by atoms with Gasteiger partial charge in [0.2, 0.25) is 5.91 Å². The molecule has 3 rings (SSSR count). The second kappa shape index (κ2) is 7.07. The summed E-state index contributed by atoms with van der Waals surface area (Å²) in [6.07, 6.45) is 1.20. The molecule has 0 aliphatic carbocycles. The summed E-state index contributed by atoms with van der Waals surface area (Å²) in [6, 6.07) is 5.95. The maximum absolute atomic E-state index is 13.2. The van der Waals surface area contributed by atoms with Crippen LogP contribution in [0.3, 0.4) is 0 Å². The van der Waals surface area contributed by atoms with E-state index in [-0.39, 0.29) is 18.4 Å². The third-order valence-electron chi connectivity index (χ3n) is 5.33. The number of carbonyl (C=O) groups excluding carboxylic acids is 3. The third kappa shape index (κ3) is 3.07. The maximum atomic E-state index is 13.2. The molecule has 2 aliphatic rings. The van der Waals surface area contributed by atoms with Gasteiger partial charge >= 0.3 is 0 Å². The molecule has 2 saturated heterocycles. The van der Waals surface area contributed by atoms with Crippen molar-refractivity contribution >= 4 is 17.8 Å². The maximum Gasteiger partial charge on any atom is 0.257 e. The van der Waals surface area contributed by atoms with Crippen molar-refractivity contribution in [3.63, 3.8) is 0 Å². The minimum atomic E-state index is -1.32. The summed E-state index contributed by atoms with van der Waals surface area (Å²) in [7, 11) is 0. The van der Waals surface area contributed by atoms with E-state index in [4.69, 9.17) is 4.74 Å². The Morgan fingerprint density at radius 2 is 1.88 bits per heavy atom. The van der Waals surface area contributed by atoms with E-state index in [9.17, 15) is 19.5 Å². The SMILES string of the molecule is CCC(=O)N1CCC2(CC1)OC[C@@H](C(=O)[O-])N2C(=O)c1ccccc1C. The molecule has 7 nitrogen and oxygen atoms in total. The zero-order valence-electron chi connectivity index (χ0n) is 15.1. The summed E-state index contributed by atoms with van der Waals surface area (Å²) in [5, 5.41) is 11.6. The van der Waals surface area contributed by atoms with Gasteiger partial charge in [-0.2, -0.15) is 0 Å². The second-order valence-electron chi connectivity index (χ2n) is 6.82. The summed E-state index contributed by atoms with van der Waals surface area (Å²) in [5.41, 5.74) is 0.222. The van der Waals surface area contributed by atoms with Gasteiger partial charge in [0.1, 0.15) is 5.72 Å². The number of amides is 2. The van der Waals surface area contributed by atoms with Crippen LogP contribution in [0.5, 0.6) is 0 Å². The number of carboxylic acids is 1. The fourth-order valence-electron chi connectivity index (χ4n) is 3.82. The van der Waals surface area contributed by atoms with Gasteiger partial charge in [-0.3, -0.25) is 14.5 Å². The number of nitrogens with zero attached hydrogens (tertiary/aromatic N) is 2. The van der Waals surface area contributed by atoms with Crippen molar-refractivity contribution in [2.45, 2.75) is 44.9 Å². The number of piperidine rings is 1. The number of hydrogen-bond acceptors (Lipinski definition) is 5. The molecule has 0 saturated carbocycles. The van der Waals surface area contributed by atoms with Crippen LogP contribution in [0.15, 0.2) is 24.3 Å². The molecule has 0 N–H and O–H groups in total. The predicted molar refractivity (Wildman–Crippen MR) is 90.9 cm³/mol. The summed E-state index contributed by atoms with van der Waals surface area (Å²) >= 11 is 0. The van der Waals surface area contributed by atoms with Crippen LogP contribution in [-0.2, 0) is 14.3 Å².